The molecule has 0 aromatic heterocycles. The Kier molecular flexibility index (Phi) is 8.82. The molecule has 0 aliphatic carbocycles. The van der Waals surface area contributed by atoms with Gasteiger partial charge < -0.3 is 20.1 Å². The summed E-state index contributed by atoms with van der Waals surface area (Å²) in [5.41, 5.74) is 1.19. The molecule has 0 aliphatic heterocycles. The second-order valence-electron chi connectivity index (χ2n) is 6.03. The third kappa shape index (κ3) is 6.91. The molecular weight excluding hydrogens is 322 g/mol. The Bertz CT molecular complexity index is 533. The summed E-state index contributed by atoms with van der Waals surface area (Å²) in [7, 11) is 3.30. The number of hydrogen-bond acceptors (Lipinski definition) is 4. The molecule has 1 aromatic carbocycles. The van der Waals surface area contributed by atoms with E-state index in [2.05, 4.69) is 48.7 Å². The van der Waals surface area contributed by atoms with E-state index in [0.29, 0.717) is 0 Å². The van der Waals surface area contributed by atoms with Crippen LogP contribution in [-0.2, 0) is 6.42 Å². The fourth-order valence-electron chi connectivity index (χ4n) is 2.04. The summed E-state index contributed by atoms with van der Waals surface area (Å²) in [6.07, 6.45) is 3.00. The molecule has 0 atom stereocenters. The van der Waals surface area contributed by atoms with Crippen molar-refractivity contribution in [3.63, 3.8) is 0 Å². The topological polar surface area (TPSA) is 54.9 Å². The van der Waals surface area contributed by atoms with Crippen LogP contribution in [0.2, 0.25) is 0 Å². The molecule has 0 heterocycles. The number of nitrogens with zero attached hydrogens (tertiary/aromatic N) is 1. The Morgan fingerprint density at radius 1 is 1.17 bits per heavy atom. The normalized spacial score (nSPS) is 12.0. The Hall–Kier alpha value is -1.56. The van der Waals surface area contributed by atoms with Crippen molar-refractivity contribution in [3.05, 3.63) is 23.8 Å². The number of guanidine groups is 1. The van der Waals surface area contributed by atoms with Crippen LogP contribution in [0.15, 0.2) is 23.2 Å². The van der Waals surface area contributed by atoms with Gasteiger partial charge >= 0.3 is 0 Å². The summed E-state index contributed by atoms with van der Waals surface area (Å²) in [6, 6.07) is 6.01. The minimum atomic E-state index is 0.145. The molecule has 1 aromatic rings. The van der Waals surface area contributed by atoms with Gasteiger partial charge in [0.05, 0.1) is 20.8 Å². The fraction of sp³-hybridized carbons (Fsp3) is 0.611. The predicted octanol–water partition coefficient (Wildman–Crippen LogP) is 2.94. The van der Waals surface area contributed by atoms with Crippen LogP contribution < -0.4 is 20.1 Å². The molecule has 0 amide bonds. The van der Waals surface area contributed by atoms with Crippen molar-refractivity contribution in [2.75, 3.05) is 40.1 Å². The first-order valence-corrected chi connectivity index (χ1v) is 9.46. The van der Waals surface area contributed by atoms with E-state index in [1.165, 1.54) is 5.56 Å². The Balaban J connectivity index is 2.60. The van der Waals surface area contributed by atoms with Gasteiger partial charge in [-0.25, -0.2) is 0 Å². The van der Waals surface area contributed by atoms with Crippen LogP contribution in [0.25, 0.3) is 0 Å². The Labute approximate surface area is 150 Å². The largest absolute Gasteiger partial charge is 0.493 e. The number of hydrogen-bond donors (Lipinski definition) is 2. The van der Waals surface area contributed by atoms with Crippen LogP contribution in [0.4, 0.5) is 0 Å². The summed E-state index contributed by atoms with van der Waals surface area (Å²) in [4.78, 5) is 4.68. The zero-order chi connectivity index (χ0) is 18.0. The average Bonchev–Trinajstić information content (AvgIpc) is 2.59. The molecule has 24 heavy (non-hydrogen) atoms. The number of nitrogens with one attached hydrogen (secondary N) is 2. The molecule has 0 fully saturated rings. The quantitative estimate of drug-likeness (QED) is 0.528. The van der Waals surface area contributed by atoms with Crippen molar-refractivity contribution >= 4 is 17.7 Å². The van der Waals surface area contributed by atoms with E-state index in [0.717, 1.165) is 43.5 Å². The van der Waals surface area contributed by atoms with Gasteiger partial charge in [0.1, 0.15) is 0 Å². The van der Waals surface area contributed by atoms with Gasteiger partial charge in [0.15, 0.2) is 17.5 Å². The maximum Gasteiger partial charge on any atom is 0.191 e. The van der Waals surface area contributed by atoms with E-state index < -0.39 is 0 Å². The summed E-state index contributed by atoms with van der Waals surface area (Å²) < 4.78 is 10.8. The molecule has 0 spiro atoms. The lowest BCUT2D eigenvalue weighted by atomic mass is 10.1. The first kappa shape index (κ1) is 20.5. The Morgan fingerprint density at radius 2 is 1.88 bits per heavy atom. The molecule has 2 N–H and O–H groups in total. The highest BCUT2D eigenvalue weighted by Crippen LogP contribution is 2.27. The number of ether oxygens (including phenoxy) is 2. The molecule has 5 nitrogen and oxygen atoms in total. The van der Waals surface area contributed by atoms with Gasteiger partial charge in [0.25, 0.3) is 0 Å². The van der Waals surface area contributed by atoms with Crippen molar-refractivity contribution in [3.8, 4) is 11.5 Å². The van der Waals surface area contributed by atoms with Crippen molar-refractivity contribution < 1.29 is 9.47 Å². The second kappa shape index (κ2) is 10.3. The smallest absolute Gasteiger partial charge is 0.191 e. The summed E-state index contributed by atoms with van der Waals surface area (Å²) >= 11 is 1.83. The monoisotopic (exact) mass is 353 g/mol. The van der Waals surface area contributed by atoms with Crippen LogP contribution in [0.3, 0.4) is 0 Å². The lowest BCUT2D eigenvalue weighted by Gasteiger charge is -2.20. The molecule has 0 unspecified atom stereocenters. The van der Waals surface area contributed by atoms with E-state index in [1.54, 1.807) is 14.2 Å². The van der Waals surface area contributed by atoms with Crippen LogP contribution in [0.1, 0.15) is 26.3 Å². The molecule has 0 bridgehead atoms. The Morgan fingerprint density at radius 3 is 2.46 bits per heavy atom. The maximum absolute atomic E-state index is 5.35. The van der Waals surface area contributed by atoms with E-state index in [-0.39, 0.29) is 4.75 Å². The minimum absolute atomic E-state index is 0.145. The third-order valence-electron chi connectivity index (χ3n) is 3.67. The zero-order valence-electron chi connectivity index (χ0n) is 15.7. The average molecular weight is 354 g/mol. The lowest BCUT2D eigenvalue weighted by Crippen LogP contribution is -2.39. The van der Waals surface area contributed by atoms with Gasteiger partial charge in [-0.3, -0.25) is 4.99 Å². The molecule has 1 rings (SSSR count). The molecule has 136 valence electrons. The van der Waals surface area contributed by atoms with Gasteiger partial charge in [-0.15, -0.1) is 0 Å². The van der Waals surface area contributed by atoms with Crippen LogP contribution >= 0.6 is 11.8 Å². The summed E-state index contributed by atoms with van der Waals surface area (Å²) in [5, 5.41) is 6.68. The van der Waals surface area contributed by atoms with E-state index in [1.807, 2.05) is 23.9 Å². The van der Waals surface area contributed by atoms with Crippen LogP contribution in [-0.4, -0.2) is 50.8 Å². The predicted molar refractivity (Wildman–Crippen MR) is 105 cm³/mol. The first-order valence-electron chi connectivity index (χ1n) is 8.24. The van der Waals surface area contributed by atoms with E-state index in [4.69, 9.17) is 9.47 Å². The van der Waals surface area contributed by atoms with Gasteiger partial charge in [-0.2, -0.15) is 11.8 Å². The number of rotatable bonds is 9. The van der Waals surface area contributed by atoms with Gasteiger partial charge in [0, 0.05) is 17.8 Å². The number of aliphatic imine (C=N–C) groups is 1. The molecule has 0 saturated heterocycles. The number of methoxy groups -OCH3 is 2. The van der Waals surface area contributed by atoms with Crippen molar-refractivity contribution in [2.45, 2.75) is 31.9 Å². The summed E-state index contributed by atoms with van der Waals surface area (Å²) in [6.45, 7) is 8.91. The SMILES string of the molecule is CCNC(=NCC(C)(C)SC)NCCc1ccc(OC)c(OC)c1. The highest BCUT2D eigenvalue weighted by molar-refractivity contribution is 7.99. The number of thioether (sulfide) groups is 1. The molecule has 0 saturated carbocycles. The fourth-order valence-corrected chi connectivity index (χ4v) is 2.23. The van der Waals surface area contributed by atoms with Crippen molar-refractivity contribution in [1.82, 2.24) is 10.6 Å². The number of benzene rings is 1. The van der Waals surface area contributed by atoms with Gasteiger partial charge in [-0.05, 0) is 51.1 Å². The van der Waals surface area contributed by atoms with Crippen molar-refractivity contribution in [1.29, 1.82) is 0 Å². The zero-order valence-corrected chi connectivity index (χ0v) is 16.5. The molecule has 6 heteroatoms. The molecule has 0 radical (unpaired) electrons. The summed E-state index contributed by atoms with van der Waals surface area (Å²) in [5.74, 6) is 2.38. The van der Waals surface area contributed by atoms with E-state index >= 15 is 0 Å². The van der Waals surface area contributed by atoms with Gasteiger partial charge in [-0.1, -0.05) is 6.07 Å². The standard InChI is InChI=1S/C18H31N3O2S/c1-7-19-17(21-13-18(2,3)24-6)20-11-10-14-8-9-15(22-4)16(12-14)23-5/h8-9,12H,7,10-11,13H2,1-6H3,(H2,19,20,21). The maximum atomic E-state index is 5.35. The minimum Gasteiger partial charge on any atom is -0.493 e. The second-order valence-corrected chi connectivity index (χ2v) is 7.54. The molecule has 0 aliphatic rings. The van der Waals surface area contributed by atoms with Crippen molar-refractivity contribution in [2.24, 2.45) is 4.99 Å². The van der Waals surface area contributed by atoms with E-state index in [9.17, 15) is 0 Å². The molecular formula is C18H31N3O2S. The highest BCUT2D eigenvalue weighted by atomic mass is 32.2. The van der Waals surface area contributed by atoms with Crippen LogP contribution in [0.5, 0.6) is 11.5 Å². The lowest BCUT2D eigenvalue weighted by molar-refractivity contribution is 0.354. The van der Waals surface area contributed by atoms with Gasteiger partial charge in [0.2, 0.25) is 0 Å². The first-order chi connectivity index (χ1) is 11.5. The third-order valence-corrected chi connectivity index (χ3v) is 4.90. The highest BCUT2D eigenvalue weighted by Gasteiger charge is 2.15. The van der Waals surface area contributed by atoms with Crippen LogP contribution in [0, 0.1) is 0 Å².